The summed E-state index contributed by atoms with van der Waals surface area (Å²) in [7, 11) is 2.83. The van der Waals surface area contributed by atoms with Crippen molar-refractivity contribution in [2.75, 3.05) is 27.4 Å². The molecule has 13 fully saturated rings. The summed E-state index contributed by atoms with van der Waals surface area (Å²) in [5.74, 6) is 6.51. The van der Waals surface area contributed by atoms with Gasteiger partial charge >= 0.3 is 47.8 Å². The van der Waals surface area contributed by atoms with Gasteiger partial charge in [0, 0.05) is 17.8 Å². The highest BCUT2D eigenvalue weighted by molar-refractivity contribution is 5.85. The van der Waals surface area contributed by atoms with Crippen LogP contribution in [-0.2, 0) is 90.5 Å². The fourth-order valence-corrected chi connectivity index (χ4v) is 15.8. The van der Waals surface area contributed by atoms with E-state index in [1.165, 1.54) is 59.2 Å². The number of carbonyl (C=O) groups excluding carboxylic acids is 8. The maximum atomic E-state index is 12.2. The summed E-state index contributed by atoms with van der Waals surface area (Å²) in [5.41, 5.74) is -1.82. The smallest absolute Gasteiger partial charge is 0.350 e. The molecule has 7 saturated carbocycles. The highest BCUT2D eigenvalue weighted by Gasteiger charge is 2.69. The molecule has 20 atom stereocenters. The van der Waals surface area contributed by atoms with Gasteiger partial charge in [0.25, 0.3) is 0 Å². The van der Waals surface area contributed by atoms with Crippen molar-refractivity contribution in [1.29, 1.82) is 0 Å². The number of cyclic esters (lactones) is 2. The number of rotatable bonds is 10. The van der Waals surface area contributed by atoms with Gasteiger partial charge in [0.15, 0.2) is 24.3 Å². The van der Waals surface area contributed by atoms with E-state index in [9.17, 15) is 38.4 Å². The predicted octanol–water partition coefficient (Wildman–Crippen LogP) is 14.8. The Morgan fingerprint density at radius 1 is 0.446 bits per heavy atom. The first-order valence-corrected chi connectivity index (χ1v) is 31.7. The number of hydrogen-bond donors (Lipinski definition) is 0. The molecule has 7 aliphatic carbocycles. The topological polar surface area (TPSA) is 238 Å². The minimum Gasteiger partial charge on any atom is -0.469 e. The average molecular weight is 1310 g/mol. The summed E-state index contributed by atoms with van der Waals surface area (Å²) >= 11 is 0. The molecule has 6 heterocycles. The van der Waals surface area contributed by atoms with Crippen LogP contribution in [0, 0.1) is 98.6 Å². The molecule has 0 spiro atoms. The molecule has 6 bridgehead atoms. The summed E-state index contributed by atoms with van der Waals surface area (Å²) in [6.07, 6.45) is 11.4. The fraction of sp³-hybridized carbons (Fsp3) is 0.890. The number of fused-ring (bicyclic) bond motifs is 21. The fourth-order valence-electron chi connectivity index (χ4n) is 15.8. The van der Waals surface area contributed by atoms with Gasteiger partial charge in [-0.3, -0.25) is 28.8 Å². The molecule has 19 nitrogen and oxygen atoms in total. The van der Waals surface area contributed by atoms with E-state index in [1.54, 1.807) is 27.7 Å². The lowest BCUT2D eigenvalue weighted by molar-refractivity contribution is -0.217. The van der Waals surface area contributed by atoms with E-state index in [2.05, 4.69) is 9.47 Å². The van der Waals surface area contributed by atoms with E-state index in [1.807, 2.05) is 69.2 Å². The quantitative estimate of drug-likeness (QED) is 0.112. The van der Waals surface area contributed by atoms with E-state index in [0.29, 0.717) is 42.4 Å². The first-order chi connectivity index (χ1) is 39.4. The van der Waals surface area contributed by atoms with Crippen LogP contribution in [0.15, 0.2) is 0 Å². The molecule has 0 N–H and O–H groups in total. The first kappa shape index (κ1) is 87.6. The van der Waals surface area contributed by atoms with Gasteiger partial charge < -0.3 is 52.1 Å². The van der Waals surface area contributed by atoms with Crippen LogP contribution in [0.25, 0.3) is 0 Å². The summed E-state index contributed by atoms with van der Waals surface area (Å²) in [5, 5.41) is 0. The van der Waals surface area contributed by atoms with Crippen molar-refractivity contribution in [3.63, 3.8) is 0 Å². The van der Waals surface area contributed by atoms with Crippen LogP contribution in [0.3, 0.4) is 0 Å². The third-order valence-electron chi connectivity index (χ3n) is 22.3. The standard InChI is InChI=1S/C15H22O7.C14H18O2.C13H20O4.C9H12O2.2C7H14O2.8CH4/c1-6-14(2,3)13(17)20-9-7-8(18-11(9)16)10-12(19-7)22-15(4,5)21-10;15-14-13-9-4-8(10(13)5-16-14)11-6-1-2-7(3-6)12(9)11;1-4-13(2,3)12(15)17-10-8-6-5-7-9(8)16-11(10)14;10-9-8-6-2-1-5(3-6)7(8)4-11-9;2*1-5-7(2,3)6(8)9-4;;;;;;;;/h7-10,12H,6H2,1-5H3;6-13H,1-5H2;8-10H,4-7H2,1-3H3;5-8H,1-4H2;2*5H2,1-4H3;8*1H4. The lowest BCUT2D eigenvalue weighted by atomic mass is 9.64. The van der Waals surface area contributed by atoms with Crippen molar-refractivity contribution >= 4 is 47.8 Å². The predicted molar refractivity (Wildman–Crippen MR) is 356 cm³/mol. The van der Waals surface area contributed by atoms with E-state index >= 15 is 0 Å². The van der Waals surface area contributed by atoms with Crippen molar-refractivity contribution in [3.8, 4) is 0 Å². The van der Waals surface area contributed by atoms with Crippen LogP contribution >= 0.6 is 0 Å². The Bertz CT molecular complexity index is 2420. The van der Waals surface area contributed by atoms with Gasteiger partial charge in [0.05, 0.1) is 60.9 Å². The zero-order valence-corrected chi connectivity index (χ0v) is 53.1. The summed E-state index contributed by atoms with van der Waals surface area (Å²) in [4.78, 5) is 92.5. The average Bonchev–Trinajstić information content (AvgIpc) is 1.54. The SMILES string of the molecule is C.C.C.C.C.C.C.C.CCC(C)(C)C(=O)OC.CCC(C)(C)C(=O)OC.CCC(C)(C)C(=O)OC1C(=O)OC2C3OC(C)(C)OC3OC12.CCC(C)(C)C(=O)OC1C(=O)OC2CCCC21.O=C1OCC2C3CC(C12)C1C2CCC(C2)C31.O=C1OCC2C3CCC(C3)C12. The highest BCUT2D eigenvalue weighted by Crippen LogP contribution is 2.71. The summed E-state index contributed by atoms with van der Waals surface area (Å²) in [6.45, 7) is 27.5. The third-order valence-corrected chi connectivity index (χ3v) is 22.3. The molecule has 6 aliphatic heterocycles. The molecular weight excluding hydrogens is 1180 g/mol. The Hall–Kier alpha value is -4.36. The zero-order valence-electron chi connectivity index (χ0n) is 53.1. The molecule has 19 heteroatoms. The van der Waals surface area contributed by atoms with Crippen molar-refractivity contribution in [1.82, 2.24) is 0 Å². The van der Waals surface area contributed by atoms with Gasteiger partial charge in [0.2, 0.25) is 12.2 Å². The maximum Gasteiger partial charge on any atom is 0.350 e. The van der Waals surface area contributed by atoms with E-state index in [0.717, 1.165) is 86.7 Å². The van der Waals surface area contributed by atoms with E-state index in [4.69, 9.17) is 42.6 Å². The third kappa shape index (κ3) is 17.4. The molecule has 0 radical (unpaired) electrons. The Labute approximate surface area is 557 Å². The number of methoxy groups -OCH3 is 2. The normalized spacial score (nSPS) is 35.1. The second-order valence-electron chi connectivity index (χ2n) is 29.1. The number of esters is 8. The largest absolute Gasteiger partial charge is 0.469 e. The molecule has 13 aliphatic rings. The Kier molecular flexibility index (Phi) is 32.4. The van der Waals surface area contributed by atoms with E-state index in [-0.39, 0.29) is 118 Å². The zero-order chi connectivity index (χ0) is 61.8. The van der Waals surface area contributed by atoms with Gasteiger partial charge in [0.1, 0.15) is 12.2 Å². The molecule has 6 saturated heterocycles. The number of ether oxygens (including phenoxy) is 11. The van der Waals surface area contributed by atoms with Crippen molar-refractivity contribution in [3.05, 3.63) is 0 Å². The molecule has 13 rings (SSSR count). The van der Waals surface area contributed by atoms with Gasteiger partial charge in [-0.2, -0.15) is 0 Å². The van der Waals surface area contributed by atoms with Crippen LogP contribution in [0.2, 0.25) is 0 Å². The van der Waals surface area contributed by atoms with Crippen LogP contribution in [0.5, 0.6) is 0 Å². The van der Waals surface area contributed by atoms with E-state index < -0.39 is 65.4 Å². The van der Waals surface area contributed by atoms with Crippen molar-refractivity contribution < 1.29 is 90.5 Å². The summed E-state index contributed by atoms with van der Waals surface area (Å²) in [6, 6.07) is 0. The molecule has 0 aromatic heterocycles. The number of carbonyl (C=O) groups is 8. The maximum absolute atomic E-state index is 12.2. The first-order valence-electron chi connectivity index (χ1n) is 31.7. The van der Waals surface area contributed by atoms with Crippen LogP contribution in [-0.4, -0.2) is 124 Å². The minimum absolute atomic E-state index is 0. The van der Waals surface area contributed by atoms with Gasteiger partial charge in [-0.15, -0.1) is 0 Å². The molecule has 0 aromatic carbocycles. The Morgan fingerprint density at radius 3 is 1.37 bits per heavy atom. The summed E-state index contributed by atoms with van der Waals surface area (Å²) < 4.78 is 57.8. The molecule has 0 aromatic rings. The molecular formula is C73H132O19. The number of hydrogen-bond acceptors (Lipinski definition) is 19. The lowest BCUT2D eigenvalue weighted by Gasteiger charge is -2.38. The molecule has 92 heavy (non-hydrogen) atoms. The monoisotopic (exact) mass is 1310 g/mol. The van der Waals surface area contributed by atoms with Crippen LogP contribution in [0.4, 0.5) is 0 Å². The van der Waals surface area contributed by atoms with Crippen molar-refractivity contribution in [2.24, 2.45) is 98.6 Å². The van der Waals surface area contributed by atoms with Gasteiger partial charge in [-0.1, -0.05) is 87.1 Å². The molecule has 538 valence electrons. The molecule has 20 unspecified atom stereocenters. The lowest BCUT2D eigenvalue weighted by Crippen LogP contribution is -2.40. The second-order valence-corrected chi connectivity index (χ2v) is 29.1. The Balaban J connectivity index is 0.00000109. The van der Waals surface area contributed by atoms with Gasteiger partial charge in [-0.25, -0.2) is 9.59 Å². The van der Waals surface area contributed by atoms with Crippen LogP contribution < -0.4 is 0 Å². The van der Waals surface area contributed by atoms with Gasteiger partial charge in [-0.05, 0) is 206 Å². The highest BCUT2D eigenvalue weighted by atomic mass is 16.9. The van der Waals surface area contributed by atoms with Crippen molar-refractivity contribution in [2.45, 2.75) is 295 Å². The minimum atomic E-state index is -1.07. The Morgan fingerprint density at radius 2 is 0.880 bits per heavy atom. The second kappa shape index (κ2) is 34.0. The van der Waals surface area contributed by atoms with Crippen LogP contribution in [0.1, 0.15) is 246 Å². The molecule has 0 amide bonds.